The zero-order valence-electron chi connectivity index (χ0n) is 8.90. The van der Waals surface area contributed by atoms with Crippen molar-refractivity contribution < 1.29 is 9.90 Å². The molecule has 0 amide bonds. The van der Waals surface area contributed by atoms with Gasteiger partial charge in [-0.05, 0) is 23.6 Å². The summed E-state index contributed by atoms with van der Waals surface area (Å²) in [5.74, 6) is -0.350. The van der Waals surface area contributed by atoms with E-state index < -0.39 is 5.97 Å². The molecule has 1 N–H and O–H groups in total. The van der Waals surface area contributed by atoms with E-state index in [0.717, 1.165) is 24.1 Å². The SMILES string of the molecule is O=C(O)CC1CN(Cc2cccc(Br)c2)C1. The summed E-state index contributed by atoms with van der Waals surface area (Å²) < 4.78 is 1.09. The zero-order chi connectivity index (χ0) is 11.5. The fourth-order valence-electron chi connectivity index (χ4n) is 2.08. The lowest BCUT2D eigenvalue weighted by Crippen LogP contribution is -2.46. The molecular weight excluding hydrogens is 270 g/mol. The number of halogens is 1. The quantitative estimate of drug-likeness (QED) is 0.922. The summed E-state index contributed by atoms with van der Waals surface area (Å²) in [5.41, 5.74) is 1.27. The van der Waals surface area contributed by atoms with Gasteiger partial charge in [-0.2, -0.15) is 0 Å². The van der Waals surface area contributed by atoms with Gasteiger partial charge in [0.15, 0.2) is 0 Å². The number of carboxylic acid groups (broad SMARTS) is 1. The molecule has 0 saturated carbocycles. The summed E-state index contributed by atoms with van der Waals surface area (Å²) in [6, 6.07) is 8.22. The first kappa shape index (κ1) is 11.6. The van der Waals surface area contributed by atoms with Crippen LogP contribution in [0.15, 0.2) is 28.7 Å². The molecule has 0 radical (unpaired) electrons. The summed E-state index contributed by atoms with van der Waals surface area (Å²) in [7, 11) is 0. The molecule has 1 aromatic carbocycles. The molecular formula is C12H14BrNO2. The van der Waals surface area contributed by atoms with E-state index in [0.29, 0.717) is 12.3 Å². The highest BCUT2D eigenvalue weighted by Gasteiger charge is 2.28. The minimum atomic E-state index is -0.688. The van der Waals surface area contributed by atoms with Crippen LogP contribution < -0.4 is 0 Å². The first-order chi connectivity index (χ1) is 7.63. The van der Waals surface area contributed by atoms with Gasteiger partial charge in [-0.15, -0.1) is 0 Å². The number of carbonyl (C=O) groups is 1. The Labute approximate surface area is 103 Å². The Bertz CT molecular complexity index is 388. The van der Waals surface area contributed by atoms with E-state index in [4.69, 9.17) is 5.11 Å². The maximum absolute atomic E-state index is 10.5. The van der Waals surface area contributed by atoms with Crippen molar-refractivity contribution in [3.8, 4) is 0 Å². The number of benzene rings is 1. The molecule has 0 aliphatic carbocycles. The largest absolute Gasteiger partial charge is 0.481 e. The van der Waals surface area contributed by atoms with Gasteiger partial charge in [0.2, 0.25) is 0 Å². The predicted molar refractivity (Wildman–Crippen MR) is 65.2 cm³/mol. The van der Waals surface area contributed by atoms with Crippen molar-refractivity contribution in [3.63, 3.8) is 0 Å². The maximum Gasteiger partial charge on any atom is 0.303 e. The van der Waals surface area contributed by atoms with Gasteiger partial charge < -0.3 is 5.11 Å². The van der Waals surface area contributed by atoms with Gasteiger partial charge >= 0.3 is 5.97 Å². The summed E-state index contributed by atoms with van der Waals surface area (Å²) in [6.45, 7) is 2.72. The van der Waals surface area contributed by atoms with Gasteiger partial charge in [0.05, 0.1) is 6.42 Å². The Morgan fingerprint density at radius 3 is 2.88 bits per heavy atom. The lowest BCUT2D eigenvalue weighted by molar-refractivity contribution is -0.139. The van der Waals surface area contributed by atoms with E-state index in [1.54, 1.807) is 0 Å². The lowest BCUT2D eigenvalue weighted by atomic mass is 9.96. The third kappa shape index (κ3) is 3.06. The first-order valence-corrected chi connectivity index (χ1v) is 6.11. The van der Waals surface area contributed by atoms with Crippen LogP contribution in [0.1, 0.15) is 12.0 Å². The van der Waals surface area contributed by atoms with Crippen LogP contribution in [0.25, 0.3) is 0 Å². The van der Waals surface area contributed by atoms with E-state index >= 15 is 0 Å². The molecule has 1 saturated heterocycles. The molecule has 0 atom stereocenters. The second kappa shape index (κ2) is 4.97. The Kier molecular flexibility index (Phi) is 3.61. The van der Waals surface area contributed by atoms with E-state index in [9.17, 15) is 4.79 Å². The van der Waals surface area contributed by atoms with Crippen molar-refractivity contribution in [2.45, 2.75) is 13.0 Å². The average molecular weight is 284 g/mol. The van der Waals surface area contributed by atoms with Crippen molar-refractivity contribution >= 4 is 21.9 Å². The minimum absolute atomic E-state index is 0.301. The highest BCUT2D eigenvalue weighted by Crippen LogP contribution is 2.22. The van der Waals surface area contributed by atoms with Crippen molar-refractivity contribution in [2.75, 3.05) is 13.1 Å². The van der Waals surface area contributed by atoms with Crippen LogP contribution in [0.2, 0.25) is 0 Å². The Hall–Kier alpha value is -0.870. The zero-order valence-corrected chi connectivity index (χ0v) is 10.5. The standard InChI is InChI=1S/C12H14BrNO2/c13-11-3-1-2-9(4-11)6-14-7-10(8-14)5-12(15)16/h1-4,10H,5-8H2,(H,15,16). The molecule has 0 spiro atoms. The molecule has 16 heavy (non-hydrogen) atoms. The Balaban J connectivity index is 1.79. The first-order valence-electron chi connectivity index (χ1n) is 5.32. The maximum atomic E-state index is 10.5. The Morgan fingerprint density at radius 1 is 1.50 bits per heavy atom. The van der Waals surface area contributed by atoms with Crippen molar-refractivity contribution in [1.82, 2.24) is 4.90 Å². The van der Waals surface area contributed by atoms with Crippen LogP contribution in [0.3, 0.4) is 0 Å². The molecule has 1 aromatic rings. The van der Waals surface area contributed by atoms with Gasteiger partial charge in [0.25, 0.3) is 0 Å². The van der Waals surface area contributed by atoms with Crippen molar-refractivity contribution in [2.24, 2.45) is 5.92 Å². The smallest absolute Gasteiger partial charge is 0.303 e. The van der Waals surface area contributed by atoms with Crippen molar-refractivity contribution in [3.05, 3.63) is 34.3 Å². The van der Waals surface area contributed by atoms with Crippen LogP contribution in [0.4, 0.5) is 0 Å². The molecule has 1 aliphatic rings. The van der Waals surface area contributed by atoms with E-state index in [-0.39, 0.29) is 0 Å². The Morgan fingerprint density at radius 2 is 2.25 bits per heavy atom. The monoisotopic (exact) mass is 283 g/mol. The van der Waals surface area contributed by atoms with Crippen LogP contribution in [0, 0.1) is 5.92 Å². The van der Waals surface area contributed by atoms with Gasteiger partial charge in [0.1, 0.15) is 0 Å². The summed E-state index contributed by atoms with van der Waals surface area (Å²) >= 11 is 3.44. The summed E-state index contributed by atoms with van der Waals surface area (Å²) in [5, 5.41) is 8.64. The fraction of sp³-hybridized carbons (Fsp3) is 0.417. The third-order valence-electron chi connectivity index (χ3n) is 2.79. The van der Waals surface area contributed by atoms with Crippen LogP contribution >= 0.6 is 15.9 Å². The predicted octanol–water partition coefficient (Wildman–Crippen LogP) is 2.36. The number of carboxylic acids is 1. The van der Waals surface area contributed by atoms with Gasteiger partial charge in [-0.3, -0.25) is 9.69 Å². The van der Waals surface area contributed by atoms with Crippen LogP contribution in [0.5, 0.6) is 0 Å². The molecule has 0 aromatic heterocycles. The molecule has 4 heteroatoms. The average Bonchev–Trinajstić information content (AvgIpc) is 2.14. The number of aliphatic carboxylic acids is 1. The van der Waals surface area contributed by atoms with Crippen molar-refractivity contribution in [1.29, 1.82) is 0 Å². The molecule has 2 rings (SSSR count). The molecule has 1 fully saturated rings. The molecule has 0 bridgehead atoms. The molecule has 1 heterocycles. The number of nitrogens with zero attached hydrogens (tertiary/aromatic N) is 1. The van der Waals surface area contributed by atoms with E-state index in [1.165, 1.54) is 5.56 Å². The molecule has 0 unspecified atom stereocenters. The van der Waals surface area contributed by atoms with Gasteiger partial charge in [-0.1, -0.05) is 28.1 Å². The van der Waals surface area contributed by atoms with E-state index in [1.807, 2.05) is 12.1 Å². The van der Waals surface area contributed by atoms with Crippen LogP contribution in [-0.2, 0) is 11.3 Å². The van der Waals surface area contributed by atoms with Crippen LogP contribution in [-0.4, -0.2) is 29.1 Å². The lowest BCUT2D eigenvalue weighted by Gasteiger charge is -2.38. The fourth-order valence-corrected chi connectivity index (χ4v) is 2.52. The molecule has 3 nitrogen and oxygen atoms in total. The normalized spacial score (nSPS) is 17.1. The van der Waals surface area contributed by atoms with E-state index in [2.05, 4.69) is 33.0 Å². The second-order valence-electron chi connectivity index (χ2n) is 4.29. The highest BCUT2D eigenvalue weighted by molar-refractivity contribution is 9.10. The summed E-state index contributed by atoms with van der Waals surface area (Å²) in [6.07, 6.45) is 0.301. The highest BCUT2D eigenvalue weighted by atomic mass is 79.9. The molecule has 1 aliphatic heterocycles. The topological polar surface area (TPSA) is 40.5 Å². The van der Waals surface area contributed by atoms with Gasteiger partial charge in [-0.25, -0.2) is 0 Å². The number of rotatable bonds is 4. The van der Waals surface area contributed by atoms with Gasteiger partial charge in [0, 0.05) is 24.1 Å². The second-order valence-corrected chi connectivity index (χ2v) is 5.20. The number of hydrogen-bond acceptors (Lipinski definition) is 2. The number of likely N-dealkylation sites (tertiary alicyclic amines) is 1. The number of hydrogen-bond donors (Lipinski definition) is 1. The minimum Gasteiger partial charge on any atom is -0.481 e. The summed E-state index contributed by atoms with van der Waals surface area (Å²) in [4.78, 5) is 12.8. The molecule has 86 valence electrons. The third-order valence-corrected chi connectivity index (χ3v) is 3.28.